The normalized spacial score (nSPS) is 8.19. The topological polar surface area (TPSA) is 135 Å². The van der Waals surface area contributed by atoms with Crippen LogP contribution in [0.15, 0.2) is 12.2 Å². The summed E-state index contributed by atoms with van der Waals surface area (Å²) in [4.78, 5) is 23.8. The van der Waals surface area contributed by atoms with Gasteiger partial charge in [-0.3, -0.25) is 0 Å². The molecule has 5 N–H and O–H groups in total. The Kier molecular flexibility index (Phi) is 18.2. The fourth-order valence-electron chi connectivity index (χ4n) is 0.258. The molecule has 0 saturated carbocycles. The van der Waals surface area contributed by atoms with Crippen molar-refractivity contribution in [1.29, 1.82) is 0 Å². The molecule has 96 valence electrons. The van der Waals surface area contributed by atoms with Gasteiger partial charge in [0.2, 0.25) is 0 Å². The number of rotatable bonds is 3. The average molecular weight is 257 g/mol. The Morgan fingerprint density at radius 3 is 1.62 bits per heavy atom. The smallest absolute Gasteiger partial charge is 0.478 e. The standard InChI is InChI=1S/C4H6O2.C4H10O2.HO3P/c1-3(2)4(5)6;1-2-3-4(5)6;1-4(2)3/h1H2,2H3,(H,5,6);4-6H,2-3H2,1H3;(H-,1,2,3)/p+1. The second-order valence-electron chi connectivity index (χ2n) is 2.61. The van der Waals surface area contributed by atoms with E-state index in [1.165, 1.54) is 6.92 Å². The second-order valence-corrected chi connectivity index (χ2v) is 3.11. The van der Waals surface area contributed by atoms with Gasteiger partial charge in [0.25, 0.3) is 0 Å². The monoisotopic (exact) mass is 257 g/mol. The van der Waals surface area contributed by atoms with E-state index in [4.69, 9.17) is 29.7 Å². The van der Waals surface area contributed by atoms with Gasteiger partial charge in [-0.2, -0.15) is 0 Å². The van der Waals surface area contributed by atoms with E-state index in [-0.39, 0.29) is 5.57 Å². The van der Waals surface area contributed by atoms with Gasteiger partial charge in [0.05, 0.1) is 0 Å². The highest BCUT2D eigenvalue weighted by Gasteiger charge is 1.93. The van der Waals surface area contributed by atoms with Crippen molar-refractivity contribution in [3.05, 3.63) is 12.2 Å². The molecule has 0 amide bonds. The fraction of sp³-hybridized carbons (Fsp3) is 0.625. The van der Waals surface area contributed by atoms with Gasteiger partial charge in [-0.1, -0.05) is 19.9 Å². The van der Waals surface area contributed by atoms with Crippen LogP contribution in [0.5, 0.6) is 0 Å². The van der Waals surface area contributed by atoms with Gasteiger partial charge in [-0.05, 0) is 13.3 Å². The third-order valence-corrected chi connectivity index (χ3v) is 0.912. The summed E-state index contributed by atoms with van der Waals surface area (Å²) in [5.41, 5.74) is 0.176. The molecule has 7 nitrogen and oxygen atoms in total. The summed E-state index contributed by atoms with van der Waals surface area (Å²) in [6.07, 6.45) is 0.215. The number of aliphatic carboxylic acids is 1. The lowest BCUT2D eigenvalue weighted by Gasteiger charge is -1.94. The molecule has 0 aliphatic heterocycles. The Bertz CT molecular complexity index is 198. The highest BCUT2D eigenvalue weighted by atomic mass is 31.1. The first-order chi connectivity index (χ1) is 7.14. The molecule has 0 spiro atoms. The third kappa shape index (κ3) is 51.3. The zero-order valence-electron chi connectivity index (χ0n) is 9.20. The van der Waals surface area contributed by atoms with Crippen LogP contribution in [0.1, 0.15) is 26.7 Å². The Labute approximate surface area is 94.6 Å². The third-order valence-electron chi connectivity index (χ3n) is 0.912. The van der Waals surface area contributed by atoms with Crippen LogP contribution in [-0.4, -0.2) is 37.4 Å². The molecular formula is C8H18O7P+. The van der Waals surface area contributed by atoms with Gasteiger partial charge in [0.15, 0.2) is 6.29 Å². The molecule has 0 bridgehead atoms. The van der Waals surface area contributed by atoms with Crippen LogP contribution in [0.2, 0.25) is 0 Å². The van der Waals surface area contributed by atoms with Crippen LogP contribution < -0.4 is 0 Å². The first kappa shape index (κ1) is 20.5. The van der Waals surface area contributed by atoms with Crippen LogP contribution in [0, 0.1) is 0 Å². The van der Waals surface area contributed by atoms with Crippen LogP contribution in [-0.2, 0) is 9.36 Å². The molecule has 0 aromatic heterocycles. The predicted molar refractivity (Wildman–Crippen MR) is 57.6 cm³/mol. The maximum Gasteiger partial charge on any atom is 0.692 e. The van der Waals surface area contributed by atoms with Crippen molar-refractivity contribution in [1.82, 2.24) is 0 Å². The second kappa shape index (κ2) is 14.2. The number of hydrogen-bond donors (Lipinski definition) is 5. The summed E-state index contributed by atoms with van der Waals surface area (Å²) < 4.78 is 8.70. The largest absolute Gasteiger partial charge is 0.692 e. The lowest BCUT2D eigenvalue weighted by atomic mass is 10.3. The highest BCUT2D eigenvalue weighted by molar-refractivity contribution is 7.30. The summed E-state index contributed by atoms with van der Waals surface area (Å²) in [7, 11) is -2.87. The number of carboxylic acids is 1. The number of carbonyl (C=O) groups is 1. The van der Waals surface area contributed by atoms with Crippen LogP contribution in [0.3, 0.4) is 0 Å². The van der Waals surface area contributed by atoms with E-state index in [1.807, 2.05) is 6.92 Å². The van der Waals surface area contributed by atoms with E-state index < -0.39 is 20.5 Å². The molecule has 0 aliphatic carbocycles. The quantitative estimate of drug-likeness (QED) is 0.280. The number of aliphatic hydroxyl groups excluding tert-OH is 1. The van der Waals surface area contributed by atoms with Crippen molar-refractivity contribution in [2.24, 2.45) is 0 Å². The first-order valence-corrected chi connectivity index (χ1v) is 5.41. The molecule has 0 aromatic rings. The Morgan fingerprint density at radius 2 is 1.62 bits per heavy atom. The number of carboxylic acid groups (broad SMARTS) is 1. The molecule has 0 heterocycles. The van der Waals surface area contributed by atoms with Crippen LogP contribution in [0.4, 0.5) is 0 Å². The van der Waals surface area contributed by atoms with E-state index >= 15 is 0 Å². The molecular weight excluding hydrogens is 239 g/mol. The molecule has 0 fully saturated rings. The van der Waals surface area contributed by atoms with E-state index in [1.54, 1.807) is 0 Å². The van der Waals surface area contributed by atoms with Gasteiger partial charge in [-0.15, -0.1) is 9.79 Å². The number of hydrogen-bond acceptors (Lipinski definition) is 4. The number of aliphatic hydroxyl groups is 2. The summed E-state index contributed by atoms with van der Waals surface area (Å²) >= 11 is 0. The van der Waals surface area contributed by atoms with Crippen molar-refractivity contribution in [2.45, 2.75) is 33.0 Å². The summed E-state index contributed by atoms with van der Waals surface area (Å²) in [5.74, 6) is -0.935. The van der Waals surface area contributed by atoms with Crippen LogP contribution in [0.25, 0.3) is 0 Å². The Balaban J connectivity index is -0.000000162. The summed E-state index contributed by atoms with van der Waals surface area (Å²) in [6.45, 7) is 6.50. The first-order valence-electron chi connectivity index (χ1n) is 4.25. The van der Waals surface area contributed by atoms with Gasteiger partial charge >= 0.3 is 14.2 Å². The molecule has 0 radical (unpaired) electrons. The average Bonchev–Trinajstić information content (AvgIpc) is 2.03. The maximum absolute atomic E-state index is 9.60. The maximum atomic E-state index is 9.60. The molecule has 0 saturated heterocycles. The minimum atomic E-state index is -2.87. The van der Waals surface area contributed by atoms with Crippen molar-refractivity contribution in [3.8, 4) is 0 Å². The Morgan fingerprint density at radius 1 is 1.38 bits per heavy atom. The molecule has 0 rings (SSSR count). The molecule has 0 aliphatic rings. The minimum Gasteiger partial charge on any atom is -0.478 e. The molecule has 8 heteroatoms. The highest BCUT2D eigenvalue weighted by Crippen LogP contribution is 1.98. The van der Waals surface area contributed by atoms with E-state index in [0.717, 1.165) is 6.42 Å². The lowest BCUT2D eigenvalue weighted by molar-refractivity contribution is -0.132. The van der Waals surface area contributed by atoms with Gasteiger partial charge in [-0.25, -0.2) is 4.79 Å². The zero-order chi connectivity index (χ0) is 13.7. The lowest BCUT2D eigenvalue weighted by Crippen LogP contribution is -2.01. The summed E-state index contributed by atoms with van der Waals surface area (Å²) in [5, 5.41) is 24.1. The van der Waals surface area contributed by atoms with Crippen molar-refractivity contribution >= 4 is 14.2 Å². The zero-order valence-corrected chi connectivity index (χ0v) is 10.1. The SMILES string of the molecule is C=C(C)C(=O)O.CCCC(O)O.O=[P+](O)O. The Hall–Kier alpha value is -0.850. The molecule has 0 atom stereocenters. The van der Waals surface area contributed by atoms with Gasteiger partial charge in [0, 0.05) is 10.1 Å². The predicted octanol–water partition coefficient (Wildman–Crippen LogP) is 0.373. The molecule has 16 heavy (non-hydrogen) atoms. The summed E-state index contributed by atoms with van der Waals surface area (Å²) in [6, 6.07) is 0. The fourth-order valence-corrected chi connectivity index (χ4v) is 0.258. The molecule has 0 unspecified atom stereocenters. The van der Waals surface area contributed by atoms with E-state index in [9.17, 15) is 4.79 Å². The van der Waals surface area contributed by atoms with Gasteiger partial charge in [0.1, 0.15) is 0 Å². The minimum absolute atomic E-state index is 0.176. The van der Waals surface area contributed by atoms with Crippen molar-refractivity contribution in [2.75, 3.05) is 0 Å². The molecule has 0 aromatic carbocycles. The van der Waals surface area contributed by atoms with E-state index in [0.29, 0.717) is 6.42 Å². The van der Waals surface area contributed by atoms with Crippen molar-refractivity contribution in [3.63, 3.8) is 0 Å². The van der Waals surface area contributed by atoms with Crippen molar-refractivity contribution < 1.29 is 34.5 Å². The van der Waals surface area contributed by atoms with Crippen LogP contribution >= 0.6 is 8.25 Å². The van der Waals surface area contributed by atoms with Gasteiger partial charge < -0.3 is 15.3 Å². The van der Waals surface area contributed by atoms with E-state index in [2.05, 4.69) is 6.58 Å².